The van der Waals surface area contributed by atoms with Crippen molar-refractivity contribution in [3.05, 3.63) is 20.3 Å². The molecule has 0 bridgehead atoms. The minimum absolute atomic E-state index is 0.310. The van der Waals surface area contributed by atoms with Gasteiger partial charge in [-0.15, -0.1) is 11.3 Å². The highest BCUT2D eigenvalue weighted by Gasteiger charge is 2.22. The predicted octanol–water partition coefficient (Wildman–Crippen LogP) is 0.940. The molecule has 2 N–H and O–H groups in total. The van der Waals surface area contributed by atoms with Gasteiger partial charge in [0.1, 0.15) is 10.3 Å². The molecule has 0 saturated carbocycles. The molecule has 0 atom stereocenters. The summed E-state index contributed by atoms with van der Waals surface area (Å²) in [6, 6.07) is 0. The highest BCUT2D eigenvalue weighted by Crippen LogP contribution is 2.19. The van der Waals surface area contributed by atoms with E-state index in [9.17, 15) is 0 Å². The van der Waals surface area contributed by atoms with Crippen LogP contribution in [0.4, 0.5) is 0 Å². The molecule has 84 valence electrons. The molecule has 2 aliphatic rings. The van der Waals surface area contributed by atoms with E-state index in [2.05, 4.69) is 9.98 Å². The fourth-order valence-corrected chi connectivity index (χ4v) is 3.57. The maximum absolute atomic E-state index is 6.07. The van der Waals surface area contributed by atoms with Crippen LogP contribution in [-0.4, -0.2) is 11.9 Å². The molecule has 1 aliphatic heterocycles. The van der Waals surface area contributed by atoms with Crippen LogP contribution in [0.3, 0.4) is 0 Å². The molecule has 1 aliphatic carbocycles. The molecule has 0 spiro atoms. The van der Waals surface area contributed by atoms with Crippen molar-refractivity contribution in [2.45, 2.75) is 38.8 Å². The van der Waals surface area contributed by atoms with Crippen molar-refractivity contribution in [3.8, 4) is 0 Å². The van der Waals surface area contributed by atoms with Gasteiger partial charge >= 0.3 is 0 Å². The standard InChI is InChI=1S/C12H15N3S/c1-12(2)14-6-8-7-4-3-5-9(13)10(7)16-11(8)15-12/h6H,3-5,13H2,1-2H3. The summed E-state index contributed by atoms with van der Waals surface area (Å²) in [6.07, 6.45) is 5.27. The molecule has 2 heterocycles. The molecular formula is C12H15N3S. The Morgan fingerprint density at radius 1 is 1.38 bits per heavy atom. The molecule has 0 aromatic carbocycles. The van der Waals surface area contributed by atoms with E-state index in [1.807, 2.05) is 20.1 Å². The van der Waals surface area contributed by atoms with Gasteiger partial charge in [-0.2, -0.15) is 0 Å². The number of thiophene rings is 1. The summed E-state index contributed by atoms with van der Waals surface area (Å²) in [4.78, 5) is 9.14. The molecule has 3 nitrogen and oxygen atoms in total. The predicted molar refractivity (Wildman–Crippen MR) is 67.3 cm³/mol. The highest BCUT2D eigenvalue weighted by atomic mass is 32.1. The molecule has 0 amide bonds. The lowest BCUT2D eigenvalue weighted by molar-refractivity contribution is 0.538. The second-order valence-electron chi connectivity index (χ2n) is 4.87. The summed E-state index contributed by atoms with van der Waals surface area (Å²) < 4.78 is 2.36. The zero-order valence-corrected chi connectivity index (χ0v) is 10.4. The molecule has 1 aromatic heterocycles. The van der Waals surface area contributed by atoms with Crippen molar-refractivity contribution in [2.75, 3.05) is 0 Å². The van der Waals surface area contributed by atoms with Crippen LogP contribution in [0.2, 0.25) is 0 Å². The van der Waals surface area contributed by atoms with Gasteiger partial charge in [0.15, 0.2) is 0 Å². The first-order valence-electron chi connectivity index (χ1n) is 5.62. The number of rotatable bonds is 0. The Morgan fingerprint density at radius 3 is 3.00 bits per heavy atom. The van der Waals surface area contributed by atoms with E-state index >= 15 is 0 Å². The maximum atomic E-state index is 6.07. The third-order valence-electron chi connectivity index (χ3n) is 3.08. The fraction of sp³-hybridized carbons (Fsp3) is 0.500. The van der Waals surface area contributed by atoms with Crippen LogP contribution in [0.15, 0.2) is 9.98 Å². The lowest BCUT2D eigenvalue weighted by atomic mass is 9.99. The molecule has 0 unspecified atom stereocenters. The van der Waals surface area contributed by atoms with E-state index in [0.29, 0.717) is 0 Å². The molecule has 1 aromatic rings. The number of nitrogens with two attached hydrogens (primary N) is 1. The summed E-state index contributed by atoms with van der Waals surface area (Å²) in [5.41, 5.74) is 9.36. The largest absolute Gasteiger partial charge is 0.401 e. The summed E-state index contributed by atoms with van der Waals surface area (Å²) in [6.45, 7) is 4.05. The van der Waals surface area contributed by atoms with Gasteiger partial charge in [-0.3, -0.25) is 4.99 Å². The number of hydrogen-bond donors (Lipinski definition) is 1. The van der Waals surface area contributed by atoms with Crippen molar-refractivity contribution in [2.24, 2.45) is 15.7 Å². The van der Waals surface area contributed by atoms with Gasteiger partial charge in [-0.1, -0.05) is 0 Å². The normalized spacial score (nSPS) is 21.2. The van der Waals surface area contributed by atoms with Crippen LogP contribution in [0.1, 0.15) is 37.8 Å². The molecule has 3 rings (SSSR count). The van der Waals surface area contributed by atoms with Crippen molar-refractivity contribution in [1.82, 2.24) is 0 Å². The van der Waals surface area contributed by atoms with E-state index in [0.717, 1.165) is 29.6 Å². The van der Waals surface area contributed by atoms with Crippen molar-refractivity contribution < 1.29 is 0 Å². The van der Waals surface area contributed by atoms with E-state index in [4.69, 9.17) is 5.73 Å². The molecule has 0 saturated heterocycles. The molecule has 4 heteroatoms. The summed E-state index contributed by atoms with van der Waals surface area (Å²) in [5, 5.41) is 0. The average molecular weight is 233 g/mol. The van der Waals surface area contributed by atoms with Crippen LogP contribution in [0, 0.1) is 0 Å². The van der Waals surface area contributed by atoms with Crippen molar-refractivity contribution in [3.63, 3.8) is 0 Å². The first kappa shape index (κ1) is 10.0. The Bertz CT molecular complexity index is 593. The second-order valence-corrected chi connectivity index (χ2v) is 5.87. The first-order valence-corrected chi connectivity index (χ1v) is 6.44. The smallest absolute Gasteiger partial charge is 0.146 e. The van der Waals surface area contributed by atoms with Gasteiger partial charge < -0.3 is 5.73 Å². The van der Waals surface area contributed by atoms with Crippen LogP contribution < -0.4 is 14.9 Å². The van der Waals surface area contributed by atoms with Crippen LogP contribution in [-0.2, 0) is 6.42 Å². The summed E-state index contributed by atoms with van der Waals surface area (Å²) in [5.74, 6) is 0. The van der Waals surface area contributed by atoms with E-state index in [1.54, 1.807) is 11.3 Å². The monoisotopic (exact) mass is 233 g/mol. The van der Waals surface area contributed by atoms with Crippen LogP contribution >= 0.6 is 11.3 Å². The van der Waals surface area contributed by atoms with Gasteiger partial charge in [0.2, 0.25) is 0 Å². The molecular weight excluding hydrogens is 218 g/mol. The number of hydrogen-bond acceptors (Lipinski definition) is 4. The number of fused-ring (bicyclic) bond motifs is 3. The minimum Gasteiger partial charge on any atom is -0.401 e. The van der Waals surface area contributed by atoms with Gasteiger partial charge in [-0.25, -0.2) is 4.99 Å². The second kappa shape index (κ2) is 3.17. The first-order chi connectivity index (χ1) is 7.57. The lowest BCUT2D eigenvalue weighted by Crippen LogP contribution is -2.24. The SMILES string of the molecule is CC1(C)N=Cc2c3c(sc2=N1)=C(N)CCC3. The van der Waals surface area contributed by atoms with E-state index < -0.39 is 0 Å². The molecule has 0 radical (unpaired) electrons. The molecule has 0 fully saturated rings. The Balaban J connectivity index is 2.36. The number of nitrogens with zero attached hydrogens (tertiary/aromatic N) is 2. The van der Waals surface area contributed by atoms with Gasteiger partial charge in [-0.05, 0) is 38.7 Å². The maximum Gasteiger partial charge on any atom is 0.146 e. The average Bonchev–Trinajstić information content (AvgIpc) is 2.55. The third kappa shape index (κ3) is 1.40. The van der Waals surface area contributed by atoms with Gasteiger partial charge in [0, 0.05) is 17.5 Å². The zero-order chi connectivity index (χ0) is 11.3. The summed E-state index contributed by atoms with van der Waals surface area (Å²) in [7, 11) is 0. The Labute approximate surface area is 98.4 Å². The van der Waals surface area contributed by atoms with Gasteiger partial charge in [0.05, 0.1) is 4.53 Å². The summed E-state index contributed by atoms with van der Waals surface area (Å²) >= 11 is 1.73. The van der Waals surface area contributed by atoms with Crippen LogP contribution in [0.25, 0.3) is 5.70 Å². The Kier molecular flexibility index (Phi) is 1.98. The van der Waals surface area contributed by atoms with Gasteiger partial charge in [0.25, 0.3) is 0 Å². The Hall–Kier alpha value is -1.16. The van der Waals surface area contributed by atoms with E-state index in [1.165, 1.54) is 15.7 Å². The van der Waals surface area contributed by atoms with Crippen molar-refractivity contribution >= 4 is 23.2 Å². The number of aliphatic imine (C=N–C) groups is 1. The fourth-order valence-electron chi connectivity index (χ4n) is 2.26. The lowest BCUT2D eigenvalue weighted by Gasteiger charge is -2.16. The minimum atomic E-state index is -0.310. The quantitative estimate of drug-likeness (QED) is 0.712. The highest BCUT2D eigenvalue weighted by molar-refractivity contribution is 7.07. The van der Waals surface area contributed by atoms with Crippen LogP contribution in [0.5, 0.6) is 0 Å². The topological polar surface area (TPSA) is 50.7 Å². The Morgan fingerprint density at radius 2 is 2.19 bits per heavy atom. The van der Waals surface area contributed by atoms with Crippen molar-refractivity contribution in [1.29, 1.82) is 0 Å². The third-order valence-corrected chi connectivity index (χ3v) is 4.29. The molecule has 16 heavy (non-hydrogen) atoms. The van der Waals surface area contributed by atoms with E-state index in [-0.39, 0.29) is 5.66 Å². The zero-order valence-electron chi connectivity index (χ0n) is 9.58.